The smallest absolute Gasteiger partial charge is 0.308 e. The highest BCUT2D eigenvalue weighted by atomic mass is 16.4. The number of rotatable bonds is 4. The van der Waals surface area contributed by atoms with E-state index in [0.717, 1.165) is 0 Å². The lowest BCUT2D eigenvalue weighted by atomic mass is 10.1. The summed E-state index contributed by atoms with van der Waals surface area (Å²) < 4.78 is 1.17. The Bertz CT molecular complexity index is 372. The Hall–Kier alpha value is -1.65. The van der Waals surface area contributed by atoms with Crippen LogP contribution in [0.3, 0.4) is 0 Å². The minimum absolute atomic E-state index is 0.130. The molecule has 0 aromatic carbocycles. The van der Waals surface area contributed by atoms with Gasteiger partial charge in [0.15, 0.2) is 0 Å². The van der Waals surface area contributed by atoms with Gasteiger partial charge in [-0.05, 0) is 12.5 Å². The van der Waals surface area contributed by atoms with Crippen LogP contribution in [0, 0.1) is 5.92 Å². The summed E-state index contributed by atoms with van der Waals surface area (Å²) in [5.41, 5.74) is -0.271. The monoisotopic (exact) mass is 196 g/mol. The van der Waals surface area contributed by atoms with Gasteiger partial charge >= 0.3 is 5.97 Å². The predicted molar refractivity (Wildman–Crippen MR) is 49.9 cm³/mol. The third-order valence-electron chi connectivity index (χ3n) is 2.02. The lowest BCUT2D eigenvalue weighted by Gasteiger charge is -2.09. The van der Waals surface area contributed by atoms with Gasteiger partial charge in [0, 0.05) is 12.3 Å². The van der Waals surface area contributed by atoms with E-state index < -0.39 is 11.9 Å². The molecule has 0 aliphatic rings. The van der Waals surface area contributed by atoms with Crippen LogP contribution in [0.15, 0.2) is 23.1 Å². The number of hydrogen-bond acceptors (Lipinski definition) is 3. The summed E-state index contributed by atoms with van der Waals surface area (Å²) in [5, 5.41) is 12.6. The maximum Gasteiger partial charge on any atom is 0.308 e. The second kappa shape index (κ2) is 4.55. The van der Waals surface area contributed by atoms with E-state index in [-0.39, 0.29) is 12.1 Å². The summed E-state index contributed by atoms with van der Waals surface area (Å²) in [6.07, 6.45) is 1.95. The first kappa shape index (κ1) is 10.4. The molecule has 1 heterocycles. The van der Waals surface area contributed by atoms with Gasteiger partial charge in [-0.2, -0.15) is 5.10 Å². The third-order valence-corrected chi connectivity index (χ3v) is 2.02. The zero-order chi connectivity index (χ0) is 10.6. The summed E-state index contributed by atoms with van der Waals surface area (Å²) in [6, 6.07) is 2.89. The molecule has 14 heavy (non-hydrogen) atoms. The van der Waals surface area contributed by atoms with E-state index in [1.54, 1.807) is 6.92 Å². The molecule has 0 aliphatic carbocycles. The molecule has 1 N–H and O–H groups in total. The van der Waals surface area contributed by atoms with Crippen LogP contribution in [0.25, 0.3) is 0 Å². The minimum atomic E-state index is -0.898. The Morgan fingerprint density at radius 1 is 1.71 bits per heavy atom. The largest absolute Gasteiger partial charge is 0.481 e. The quantitative estimate of drug-likeness (QED) is 0.754. The number of aromatic nitrogens is 2. The van der Waals surface area contributed by atoms with Gasteiger partial charge in [-0.25, -0.2) is 4.68 Å². The number of carbonyl (C=O) groups is 1. The van der Waals surface area contributed by atoms with Crippen molar-refractivity contribution >= 4 is 5.97 Å². The van der Waals surface area contributed by atoms with Crippen molar-refractivity contribution in [3.8, 4) is 0 Å². The van der Waals surface area contributed by atoms with Crippen LogP contribution < -0.4 is 5.56 Å². The summed E-state index contributed by atoms with van der Waals surface area (Å²) in [5.74, 6) is -1.45. The summed E-state index contributed by atoms with van der Waals surface area (Å²) in [7, 11) is 0. The topological polar surface area (TPSA) is 72.2 Å². The molecule has 0 saturated heterocycles. The molecule has 0 bridgehead atoms. The van der Waals surface area contributed by atoms with E-state index in [0.29, 0.717) is 6.42 Å². The second-order valence-corrected chi connectivity index (χ2v) is 2.99. The Morgan fingerprint density at radius 2 is 2.43 bits per heavy atom. The van der Waals surface area contributed by atoms with Gasteiger partial charge in [-0.15, -0.1) is 0 Å². The van der Waals surface area contributed by atoms with Crippen molar-refractivity contribution in [1.82, 2.24) is 9.78 Å². The van der Waals surface area contributed by atoms with Crippen molar-refractivity contribution in [2.24, 2.45) is 5.92 Å². The first-order valence-corrected chi connectivity index (χ1v) is 4.40. The fraction of sp³-hybridized carbons (Fsp3) is 0.444. The lowest BCUT2D eigenvalue weighted by Crippen LogP contribution is -2.28. The van der Waals surface area contributed by atoms with Crippen molar-refractivity contribution in [2.45, 2.75) is 19.9 Å². The number of aliphatic carboxylic acids is 1. The molecule has 1 unspecified atom stereocenters. The highest BCUT2D eigenvalue weighted by Crippen LogP contribution is 2.03. The molecule has 5 heteroatoms. The van der Waals surface area contributed by atoms with Crippen LogP contribution in [0.2, 0.25) is 0 Å². The van der Waals surface area contributed by atoms with Gasteiger partial charge in [-0.1, -0.05) is 6.92 Å². The van der Waals surface area contributed by atoms with Crippen LogP contribution in [-0.2, 0) is 11.3 Å². The highest BCUT2D eigenvalue weighted by Gasteiger charge is 2.16. The fourth-order valence-corrected chi connectivity index (χ4v) is 1.11. The van der Waals surface area contributed by atoms with E-state index in [9.17, 15) is 9.59 Å². The van der Waals surface area contributed by atoms with Crippen LogP contribution in [0.5, 0.6) is 0 Å². The van der Waals surface area contributed by atoms with E-state index in [2.05, 4.69) is 5.10 Å². The average Bonchev–Trinajstić information content (AvgIpc) is 2.16. The predicted octanol–water partition coefficient (Wildman–Crippen LogP) is 0.354. The Balaban J connectivity index is 2.82. The van der Waals surface area contributed by atoms with Crippen molar-refractivity contribution in [2.75, 3.05) is 0 Å². The van der Waals surface area contributed by atoms with Gasteiger partial charge in [0.25, 0.3) is 5.56 Å². The summed E-state index contributed by atoms with van der Waals surface area (Å²) in [4.78, 5) is 21.9. The van der Waals surface area contributed by atoms with Crippen molar-refractivity contribution in [3.05, 3.63) is 28.7 Å². The van der Waals surface area contributed by atoms with Crippen LogP contribution in [-0.4, -0.2) is 20.9 Å². The zero-order valence-corrected chi connectivity index (χ0v) is 7.88. The van der Waals surface area contributed by atoms with Crippen molar-refractivity contribution in [3.63, 3.8) is 0 Å². The first-order valence-electron chi connectivity index (χ1n) is 4.40. The standard InChI is InChI=1S/C9H12N2O3/c1-2-7(9(13)14)6-11-8(12)4-3-5-10-11/h3-5,7H,2,6H2,1H3,(H,13,14). The lowest BCUT2D eigenvalue weighted by molar-refractivity contribution is -0.142. The second-order valence-electron chi connectivity index (χ2n) is 2.99. The number of nitrogens with zero attached hydrogens (tertiary/aromatic N) is 2. The fourth-order valence-electron chi connectivity index (χ4n) is 1.11. The highest BCUT2D eigenvalue weighted by molar-refractivity contribution is 5.69. The van der Waals surface area contributed by atoms with Gasteiger partial charge in [0.1, 0.15) is 0 Å². The summed E-state index contributed by atoms with van der Waals surface area (Å²) in [6.45, 7) is 1.90. The van der Waals surface area contributed by atoms with Crippen LogP contribution in [0.4, 0.5) is 0 Å². The summed E-state index contributed by atoms with van der Waals surface area (Å²) >= 11 is 0. The molecule has 0 radical (unpaired) electrons. The third kappa shape index (κ3) is 2.42. The molecule has 76 valence electrons. The molecule has 0 aliphatic heterocycles. The number of hydrogen-bond donors (Lipinski definition) is 1. The van der Waals surface area contributed by atoms with Gasteiger partial charge in [0.2, 0.25) is 0 Å². The zero-order valence-electron chi connectivity index (χ0n) is 7.88. The minimum Gasteiger partial charge on any atom is -0.481 e. The van der Waals surface area contributed by atoms with Crippen molar-refractivity contribution < 1.29 is 9.90 Å². The first-order chi connectivity index (χ1) is 6.65. The molecule has 0 fully saturated rings. The maximum atomic E-state index is 11.2. The van der Waals surface area contributed by atoms with Gasteiger partial charge < -0.3 is 5.11 Å². The van der Waals surface area contributed by atoms with Gasteiger partial charge in [0.05, 0.1) is 12.5 Å². The van der Waals surface area contributed by atoms with E-state index in [1.807, 2.05) is 0 Å². The molecular weight excluding hydrogens is 184 g/mol. The van der Waals surface area contributed by atoms with E-state index >= 15 is 0 Å². The molecule has 0 spiro atoms. The Kier molecular flexibility index (Phi) is 3.39. The van der Waals surface area contributed by atoms with Gasteiger partial charge in [-0.3, -0.25) is 9.59 Å². The molecule has 1 atom stereocenters. The molecule has 1 aromatic heterocycles. The van der Waals surface area contributed by atoms with Crippen LogP contribution in [0.1, 0.15) is 13.3 Å². The SMILES string of the molecule is CCC(Cn1ncccc1=O)C(=O)O. The normalized spacial score (nSPS) is 12.4. The molecule has 5 nitrogen and oxygen atoms in total. The molecule has 0 saturated carbocycles. The molecule has 1 aromatic rings. The Labute approximate surface area is 81.0 Å². The molecule has 0 amide bonds. The molecule has 1 rings (SSSR count). The number of carboxylic acids is 1. The molecular formula is C9H12N2O3. The van der Waals surface area contributed by atoms with E-state index in [1.165, 1.54) is 23.0 Å². The van der Waals surface area contributed by atoms with Crippen molar-refractivity contribution in [1.29, 1.82) is 0 Å². The van der Waals surface area contributed by atoms with E-state index in [4.69, 9.17) is 5.11 Å². The van der Waals surface area contributed by atoms with Crippen LogP contribution >= 0.6 is 0 Å². The number of carboxylic acid groups (broad SMARTS) is 1. The maximum absolute atomic E-state index is 11.2. The Morgan fingerprint density at radius 3 is 2.93 bits per heavy atom. The average molecular weight is 196 g/mol.